The number of benzene rings is 3. The summed E-state index contributed by atoms with van der Waals surface area (Å²) in [7, 11) is 0. The molecule has 0 amide bonds. The molecular formula is C26H18BrNO3S2. The van der Waals surface area contributed by atoms with Gasteiger partial charge in [0, 0.05) is 20.8 Å². The number of carbonyl (C=O) groups excluding carboxylic acids is 1. The van der Waals surface area contributed by atoms with Gasteiger partial charge in [-0.3, -0.25) is 14.2 Å². The van der Waals surface area contributed by atoms with Crippen LogP contribution >= 0.6 is 39.0 Å². The first-order valence-electron chi connectivity index (χ1n) is 10.6. The molecule has 0 spiro atoms. The molecule has 4 aromatic rings. The number of thiazole rings is 1. The second-order valence-electron chi connectivity index (χ2n) is 8.16. The van der Waals surface area contributed by atoms with Crippen LogP contribution in [0.15, 0.2) is 93.2 Å². The van der Waals surface area contributed by atoms with Gasteiger partial charge >= 0.3 is 10.8 Å². The Morgan fingerprint density at radius 2 is 1.67 bits per heavy atom. The van der Waals surface area contributed by atoms with Crippen LogP contribution in [0.5, 0.6) is 5.75 Å². The van der Waals surface area contributed by atoms with E-state index in [2.05, 4.69) is 28.1 Å². The van der Waals surface area contributed by atoms with Crippen LogP contribution in [0.25, 0.3) is 0 Å². The van der Waals surface area contributed by atoms with Crippen LogP contribution in [0.1, 0.15) is 32.7 Å². The summed E-state index contributed by atoms with van der Waals surface area (Å²) in [5.41, 5.74) is 3.08. The topological polar surface area (TPSA) is 48.3 Å². The van der Waals surface area contributed by atoms with E-state index in [1.165, 1.54) is 11.3 Å². The molecule has 0 fully saturated rings. The first kappa shape index (κ1) is 21.0. The molecule has 0 N–H and O–H groups in total. The minimum absolute atomic E-state index is 0.000646. The van der Waals surface area contributed by atoms with E-state index in [0.717, 1.165) is 31.1 Å². The van der Waals surface area contributed by atoms with E-state index >= 15 is 0 Å². The number of halogens is 1. The highest BCUT2D eigenvalue weighted by Crippen LogP contribution is 2.59. The van der Waals surface area contributed by atoms with Crippen molar-refractivity contribution in [2.24, 2.45) is 5.92 Å². The van der Waals surface area contributed by atoms with Crippen molar-refractivity contribution in [1.82, 2.24) is 4.57 Å². The molecule has 2 aliphatic rings. The molecule has 7 heteroatoms. The lowest BCUT2D eigenvalue weighted by Crippen LogP contribution is -2.37. The maximum atomic E-state index is 13.3. The molecular weight excluding hydrogens is 518 g/mol. The fraction of sp³-hybridized carbons (Fsp3) is 0.154. The van der Waals surface area contributed by atoms with Crippen molar-refractivity contribution in [3.63, 3.8) is 0 Å². The lowest BCUT2D eigenvalue weighted by molar-refractivity contribution is -0.140. The predicted octanol–water partition coefficient (Wildman–Crippen LogP) is 6.23. The molecule has 2 aliphatic heterocycles. The number of ether oxygens (including phenoxy) is 1. The first-order valence-corrected chi connectivity index (χ1v) is 13.1. The van der Waals surface area contributed by atoms with Crippen LogP contribution in [0.4, 0.5) is 0 Å². The Bertz CT molecular complexity index is 1410. The zero-order valence-corrected chi connectivity index (χ0v) is 20.5. The summed E-state index contributed by atoms with van der Waals surface area (Å²) in [5.74, 6) is -0.299. The largest absolute Gasteiger partial charge is 0.426 e. The van der Waals surface area contributed by atoms with Gasteiger partial charge in [0.1, 0.15) is 5.75 Å². The smallest absolute Gasteiger partial charge is 0.316 e. The van der Waals surface area contributed by atoms with E-state index in [1.54, 1.807) is 11.8 Å². The summed E-state index contributed by atoms with van der Waals surface area (Å²) >= 11 is 6.44. The molecule has 0 saturated heterocycles. The van der Waals surface area contributed by atoms with Gasteiger partial charge in [0.15, 0.2) is 0 Å². The molecule has 3 heterocycles. The lowest BCUT2D eigenvalue weighted by Gasteiger charge is -2.40. The summed E-state index contributed by atoms with van der Waals surface area (Å²) in [5, 5.41) is 0.795. The minimum Gasteiger partial charge on any atom is -0.426 e. The van der Waals surface area contributed by atoms with Crippen molar-refractivity contribution >= 4 is 45.0 Å². The Morgan fingerprint density at radius 1 is 0.939 bits per heavy atom. The third kappa shape index (κ3) is 3.59. The molecule has 0 radical (unpaired) electrons. The molecule has 0 bridgehead atoms. The van der Waals surface area contributed by atoms with Crippen LogP contribution in [0.2, 0.25) is 0 Å². The Labute approximate surface area is 207 Å². The Balaban J connectivity index is 1.57. The maximum Gasteiger partial charge on any atom is 0.316 e. The molecule has 0 saturated carbocycles. The number of esters is 1. The highest BCUT2D eigenvalue weighted by atomic mass is 79.9. The first-order chi connectivity index (χ1) is 16.1. The van der Waals surface area contributed by atoms with Gasteiger partial charge in [-0.1, -0.05) is 99.7 Å². The van der Waals surface area contributed by atoms with Gasteiger partial charge in [0.05, 0.1) is 22.7 Å². The summed E-state index contributed by atoms with van der Waals surface area (Å²) in [4.78, 5) is 27.5. The number of thioether (sulfide) groups is 1. The van der Waals surface area contributed by atoms with Crippen LogP contribution in [0.3, 0.4) is 0 Å². The monoisotopic (exact) mass is 535 g/mol. The summed E-state index contributed by atoms with van der Waals surface area (Å²) < 4.78 is 8.59. The number of carbonyl (C=O) groups is 1. The fourth-order valence-corrected chi connectivity index (χ4v) is 7.93. The van der Waals surface area contributed by atoms with Gasteiger partial charge in [0.25, 0.3) is 0 Å². The minimum atomic E-state index is -0.407. The molecule has 3 atom stereocenters. The number of hydrogen-bond donors (Lipinski definition) is 0. The highest BCUT2D eigenvalue weighted by molar-refractivity contribution is 9.10. The molecule has 0 aliphatic carbocycles. The van der Waals surface area contributed by atoms with E-state index in [0.29, 0.717) is 12.3 Å². The van der Waals surface area contributed by atoms with E-state index in [-0.39, 0.29) is 22.0 Å². The molecule has 1 aromatic heterocycles. The van der Waals surface area contributed by atoms with Gasteiger partial charge in [0.2, 0.25) is 0 Å². The van der Waals surface area contributed by atoms with E-state index in [1.807, 2.05) is 71.3 Å². The summed E-state index contributed by atoms with van der Waals surface area (Å²) in [6, 6.07) is 25.8. The van der Waals surface area contributed by atoms with Gasteiger partial charge in [-0.15, -0.1) is 0 Å². The van der Waals surface area contributed by atoms with Crippen molar-refractivity contribution in [3.05, 3.63) is 115 Å². The van der Waals surface area contributed by atoms with Crippen LogP contribution < -0.4 is 9.61 Å². The maximum absolute atomic E-state index is 13.3. The Kier molecular flexibility index (Phi) is 5.28. The van der Waals surface area contributed by atoms with Crippen molar-refractivity contribution in [2.75, 3.05) is 0 Å². The molecule has 0 unspecified atom stereocenters. The number of aromatic nitrogens is 1. The third-order valence-corrected chi connectivity index (χ3v) is 9.35. The number of rotatable bonds is 3. The Hall–Kier alpha value is -2.61. The Morgan fingerprint density at radius 3 is 2.42 bits per heavy atom. The summed E-state index contributed by atoms with van der Waals surface area (Å²) in [6.07, 6.45) is 0. The standard InChI is InChI=1S/C26H18BrNO3S2/c27-17-11-12-19-18(13-17)20-21(25(29)31-19)22(16-9-5-2-6-10-16)32-24-23(20)33-26(30)28(24)14-15-7-3-1-4-8-15/h1-13,20-22H,14H2/t20-,21-,22+/m0/s1. The average molecular weight is 536 g/mol. The highest BCUT2D eigenvalue weighted by Gasteiger charge is 2.50. The molecule has 6 rings (SSSR count). The lowest BCUT2D eigenvalue weighted by atomic mass is 9.78. The van der Waals surface area contributed by atoms with Crippen LogP contribution in [-0.4, -0.2) is 10.5 Å². The van der Waals surface area contributed by atoms with Crippen molar-refractivity contribution < 1.29 is 9.53 Å². The van der Waals surface area contributed by atoms with Gasteiger partial charge in [-0.05, 0) is 29.3 Å². The second kappa shape index (κ2) is 8.31. The number of fused-ring (bicyclic) bond motifs is 5. The van der Waals surface area contributed by atoms with Crippen molar-refractivity contribution in [3.8, 4) is 5.75 Å². The zero-order chi connectivity index (χ0) is 22.5. The second-order valence-corrected chi connectivity index (χ2v) is 11.2. The van der Waals surface area contributed by atoms with Crippen molar-refractivity contribution in [1.29, 1.82) is 0 Å². The van der Waals surface area contributed by atoms with Crippen LogP contribution in [-0.2, 0) is 11.3 Å². The molecule has 33 heavy (non-hydrogen) atoms. The quantitative estimate of drug-likeness (QED) is 0.230. The normalized spacial score (nSPS) is 21.0. The van der Waals surface area contributed by atoms with Crippen LogP contribution in [0, 0.1) is 5.92 Å². The molecule has 3 aromatic carbocycles. The molecule has 4 nitrogen and oxygen atoms in total. The fourth-order valence-electron chi connectivity index (χ4n) is 4.70. The zero-order valence-electron chi connectivity index (χ0n) is 17.3. The number of hydrogen-bond acceptors (Lipinski definition) is 5. The van der Waals surface area contributed by atoms with E-state index in [9.17, 15) is 9.59 Å². The average Bonchev–Trinajstić information content (AvgIpc) is 3.15. The molecule has 164 valence electrons. The van der Waals surface area contributed by atoms with Crippen molar-refractivity contribution in [2.45, 2.75) is 22.7 Å². The predicted molar refractivity (Wildman–Crippen MR) is 134 cm³/mol. The van der Waals surface area contributed by atoms with Gasteiger partial charge in [-0.2, -0.15) is 0 Å². The van der Waals surface area contributed by atoms with E-state index < -0.39 is 5.92 Å². The van der Waals surface area contributed by atoms with Gasteiger partial charge in [-0.25, -0.2) is 0 Å². The summed E-state index contributed by atoms with van der Waals surface area (Å²) in [6.45, 7) is 0.507. The van der Waals surface area contributed by atoms with Gasteiger partial charge < -0.3 is 4.74 Å². The number of nitrogens with zero attached hydrogens (tertiary/aromatic N) is 1. The third-order valence-electron chi connectivity index (χ3n) is 6.18. The van der Waals surface area contributed by atoms with E-state index in [4.69, 9.17) is 4.74 Å². The SMILES string of the molecule is O=C1Oc2ccc(Br)cc2[C@@H]2c3sc(=O)n(Cc4ccccc4)c3S[C@H](c3ccccc3)[C@@H]12.